The van der Waals surface area contributed by atoms with E-state index in [4.69, 9.17) is 13.9 Å². The van der Waals surface area contributed by atoms with Gasteiger partial charge in [-0.15, -0.1) is 0 Å². The maximum absolute atomic E-state index is 12.8. The van der Waals surface area contributed by atoms with Crippen molar-refractivity contribution in [1.82, 2.24) is 0 Å². The molecule has 1 aromatic heterocycles. The minimum atomic E-state index is -1.11. The summed E-state index contributed by atoms with van der Waals surface area (Å²) in [4.78, 5) is 25.0. The van der Waals surface area contributed by atoms with Gasteiger partial charge in [0.15, 0.2) is 0 Å². The van der Waals surface area contributed by atoms with Gasteiger partial charge in [0.05, 0.1) is 13.4 Å². The number of nitrogens with one attached hydrogen (secondary N) is 1. The third-order valence-corrected chi connectivity index (χ3v) is 3.84. The predicted octanol–water partition coefficient (Wildman–Crippen LogP) is 4.22. The molecule has 0 saturated carbocycles. The first kappa shape index (κ1) is 19.0. The molecule has 3 aromatic rings. The molecule has 142 valence electrons. The highest BCUT2D eigenvalue weighted by molar-refractivity contribution is 5.97. The Balaban J connectivity index is 1.76. The smallest absolute Gasteiger partial charge is 0.332 e. The molecule has 28 heavy (non-hydrogen) atoms. The first-order chi connectivity index (χ1) is 13.7. The minimum Gasteiger partial charge on any atom is -0.497 e. The minimum absolute atomic E-state index is 0.473. The van der Waals surface area contributed by atoms with Crippen molar-refractivity contribution >= 4 is 23.6 Å². The highest BCUT2D eigenvalue weighted by atomic mass is 16.5. The van der Waals surface area contributed by atoms with E-state index < -0.39 is 18.0 Å². The van der Waals surface area contributed by atoms with Gasteiger partial charge in [-0.05, 0) is 30.3 Å². The van der Waals surface area contributed by atoms with E-state index in [1.807, 2.05) is 6.07 Å². The highest BCUT2D eigenvalue weighted by Crippen LogP contribution is 2.22. The van der Waals surface area contributed by atoms with Crippen molar-refractivity contribution in [2.45, 2.75) is 6.10 Å². The Morgan fingerprint density at radius 2 is 1.86 bits per heavy atom. The van der Waals surface area contributed by atoms with Crippen LogP contribution in [-0.2, 0) is 14.3 Å². The molecule has 1 atom stereocenters. The van der Waals surface area contributed by atoms with Crippen molar-refractivity contribution in [3.05, 3.63) is 90.4 Å². The van der Waals surface area contributed by atoms with Crippen molar-refractivity contribution in [1.29, 1.82) is 0 Å². The summed E-state index contributed by atoms with van der Waals surface area (Å²) in [6.45, 7) is 0. The van der Waals surface area contributed by atoms with Gasteiger partial charge >= 0.3 is 5.97 Å². The summed E-state index contributed by atoms with van der Waals surface area (Å²) in [7, 11) is 1.54. The van der Waals surface area contributed by atoms with E-state index in [-0.39, 0.29) is 0 Å². The average molecular weight is 377 g/mol. The van der Waals surface area contributed by atoms with Crippen molar-refractivity contribution in [2.75, 3.05) is 12.4 Å². The van der Waals surface area contributed by atoms with Gasteiger partial charge in [-0.2, -0.15) is 0 Å². The van der Waals surface area contributed by atoms with Gasteiger partial charge in [0.1, 0.15) is 11.5 Å². The monoisotopic (exact) mass is 377 g/mol. The van der Waals surface area contributed by atoms with Crippen LogP contribution in [0.25, 0.3) is 6.08 Å². The van der Waals surface area contributed by atoms with Gasteiger partial charge in [-0.25, -0.2) is 4.79 Å². The summed E-state index contributed by atoms with van der Waals surface area (Å²) in [5.41, 5.74) is 1.09. The van der Waals surface area contributed by atoms with Crippen molar-refractivity contribution < 1.29 is 23.5 Å². The maximum Gasteiger partial charge on any atom is 0.332 e. The molecule has 6 nitrogen and oxygen atoms in total. The number of methoxy groups -OCH3 is 1. The SMILES string of the molecule is COc1cccc(NC(=O)[C@@H](OC(=O)/C=C/c2ccco2)c2ccccc2)c1. The molecule has 0 aliphatic rings. The lowest BCUT2D eigenvalue weighted by Gasteiger charge is -2.17. The number of anilines is 1. The lowest BCUT2D eigenvalue weighted by atomic mass is 10.1. The van der Waals surface area contributed by atoms with Crippen molar-refractivity contribution in [2.24, 2.45) is 0 Å². The topological polar surface area (TPSA) is 77.8 Å². The van der Waals surface area contributed by atoms with Crippen molar-refractivity contribution in [3.63, 3.8) is 0 Å². The second kappa shape index (κ2) is 9.23. The summed E-state index contributed by atoms with van der Waals surface area (Å²) in [5.74, 6) is -0.0215. The Morgan fingerprint density at radius 3 is 2.57 bits per heavy atom. The summed E-state index contributed by atoms with van der Waals surface area (Å²) in [5, 5.41) is 2.75. The number of ether oxygens (including phenoxy) is 2. The third kappa shape index (κ3) is 5.11. The van der Waals surface area contributed by atoms with Crippen LogP contribution < -0.4 is 10.1 Å². The fraction of sp³-hybridized carbons (Fsp3) is 0.0909. The molecule has 0 saturated heterocycles. The van der Waals surface area contributed by atoms with Crippen LogP contribution in [0.3, 0.4) is 0 Å². The van der Waals surface area contributed by atoms with Crippen LogP contribution in [0.15, 0.2) is 83.5 Å². The lowest BCUT2D eigenvalue weighted by molar-refractivity contribution is -0.149. The molecule has 0 spiro atoms. The number of hydrogen-bond donors (Lipinski definition) is 1. The number of amides is 1. The van der Waals surface area contributed by atoms with E-state index in [2.05, 4.69) is 5.32 Å². The van der Waals surface area contributed by atoms with Crippen LogP contribution >= 0.6 is 0 Å². The van der Waals surface area contributed by atoms with Gasteiger partial charge in [0.25, 0.3) is 5.91 Å². The largest absolute Gasteiger partial charge is 0.497 e. The number of hydrogen-bond acceptors (Lipinski definition) is 5. The number of carbonyl (C=O) groups excluding carboxylic acids is 2. The Labute approximate surface area is 162 Å². The van der Waals surface area contributed by atoms with E-state index in [1.54, 1.807) is 67.8 Å². The van der Waals surface area contributed by atoms with E-state index in [9.17, 15) is 9.59 Å². The molecule has 0 unspecified atom stereocenters. The van der Waals surface area contributed by atoms with Crippen LogP contribution in [0.2, 0.25) is 0 Å². The molecular weight excluding hydrogens is 358 g/mol. The summed E-state index contributed by atoms with van der Waals surface area (Å²) in [6, 6.07) is 19.1. The molecule has 1 heterocycles. The quantitative estimate of drug-likeness (QED) is 0.493. The maximum atomic E-state index is 12.8. The number of carbonyl (C=O) groups is 2. The van der Waals surface area contributed by atoms with Crippen LogP contribution in [-0.4, -0.2) is 19.0 Å². The summed E-state index contributed by atoms with van der Waals surface area (Å²) in [6.07, 6.45) is 3.08. The number of esters is 1. The number of benzene rings is 2. The first-order valence-electron chi connectivity index (χ1n) is 8.58. The van der Waals surface area contributed by atoms with E-state index >= 15 is 0 Å². The number of rotatable bonds is 7. The fourth-order valence-corrected chi connectivity index (χ4v) is 2.50. The van der Waals surface area contributed by atoms with Crippen LogP contribution in [0.5, 0.6) is 5.75 Å². The Hall–Kier alpha value is -3.80. The molecule has 3 rings (SSSR count). The predicted molar refractivity (Wildman–Crippen MR) is 105 cm³/mol. The van der Waals surface area contributed by atoms with Crippen molar-refractivity contribution in [3.8, 4) is 5.75 Å². The zero-order valence-corrected chi connectivity index (χ0v) is 15.2. The molecular formula is C22H19NO5. The molecule has 1 amide bonds. The normalized spacial score (nSPS) is 11.8. The van der Waals surface area contributed by atoms with E-state index in [1.165, 1.54) is 18.4 Å². The van der Waals surface area contributed by atoms with Crippen LogP contribution in [0, 0.1) is 0 Å². The second-order valence-corrected chi connectivity index (χ2v) is 5.80. The molecule has 0 aliphatic heterocycles. The first-order valence-corrected chi connectivity index (χ1v) is 8.58. The standard InChI is InChI=1S/C22H19NO5/c1-26-19-10-5-9-17(15-19)23-22(25)21(16-7-3-2-4-8-16)28-20(24)13-12-18-11-6-14-27-18/h2-15,21H,1H3,(H,23,25)/b13-12+/t21-/m0/s1. The van der Waals surface area contributed by atoms with Crippen LogP contribution in [0.4, 0.5) is 5.69 Å². The number of furan rings is 1. The Morgan fingerprint density at radius 1 is 1.04 bits per heavy atom. The zero-order chi connectivity index (χ0) is 19.8. The van der Waals surface area contributed by atoms with Gasteiger partial charge in [-0.3, -0.25) is 4.79 Å². The third-order valence-electron chi connectivity index (χ3n) is 3.84. The summed E-state index contributed by atoms with van der Waals surface area (Å²) >= 11 is 0. The van der Waals surface area contributed by atoms with E-state index in [0.29, 0.717) is 22.8 Å². The molecule has 0 bridgehead atoms. The van der Waals surface area contributed by atoms with Crippen LogP contribution in [0.1, 0.15) is 17.4 Å². The highest BCUT2D eigenvalue weighted by Gasteiger charge is 2.24. The molecule has 2 aromatic carbocycles. The fourth-order valence-electron chi connectivity index (χ4n) is 2.50. The van der Waals surface area contributed by atoms with E-state index in [0.717, 1.165) is 0 Å². The Bertz CT molecular complexity index is 948. The molecule has 0 fully saturated rings. The van der Waals surface area contributed by atoms with Gasteiger partial charge < -0.3 is 19.2 Å². The molecule has 6 heteroatoms. The van der Waals surface area contributed by atoms with Gasteiger partial charge in [-0.1, -0.05) is 36.4 Å². The average Bonchev–Trinajstić information content (AvgIpc) is 3.25. The molecule has 0 radical (unpaired) electrons. The van der Waals surface area contributed by atoms with Gasteiger partial charge in [0, 0.05) is 23.4 Å². The molecule has 0 aliphatic carbocycles. The summed E-state index contributed by atoms with van der Waals surface area (Å²) < 4.78 is 15.7. The lowest BCUT2D eigenvalue weighted by Crippen LogP contribution is -2.25. The Kier molecular flexibility index (Phi) is 6.25. The second-order valence-electron chi connectivity index (χ2n) is 5.80. The zero-order valence-electron chi connectivity index (χ0n) is 15.2. The van der Waals surface area contributed by atoms with Gasteiger partial charge in [0.2, 0.25) is 6.10 Å². The molecule has 1 N–H and O–H groups in total.